The molecule has 27 heavy (non-hydrogen) atoms. The molecule has 1 aliphatic rings. The van der Waals surface area contributed by atoms with Crippen molar-refractivity contribution in [3.8, 4) is 0 Å². The summed E-state index contributed by atoms with van der Waals surface area (Å²) in [6, 6.07) is 7.92. The molecule has 3 rings (SSSR count). The molecule has 1 N–H and O–H groups in total. The Morgan fingerprint density at radius 3 is 2.59 bits per heavy atom. The van der Waals surface area contributed by atoms with Crippen LogP contribution in [0.15, 0.2) is 46.2 Å². The Kier molecular flexibility index (Phi) is 5.69. The number of aromatic nitrogens is 1. The summed E-state index contributed by atoms with van der Waals surface area (Å²) < 4.78 is 27.7. The summed E-state index contributed by atoms with van der Waals surface area (Å²) in [6.07, 6.45) is 2.95. The molecule has 0 radical (unpaired) electrons. The maximum Gasteiger partial charge on any atom is 0.271 e. The molecule has 9 heteroatoms. The largest absolute Gasteiger partial charge is 0.323 e. The van der Waals surface area contributed by atoms with Gasteiger partial charge in [-0.3, -0.25) is 9.59 Å². The maximum atomic E-state index is 12.7. The Hall–Kier alpha value is -2.16. The van der Waals surface area contributed by atoms with Crippen LogP contribution in [0.3, 0.4) is 0 Å². The van der Waals surface area contributed by atoms with E-state index in [1.54, 1.807) is 18.2 Å². The Morgan fingerprint density at radius 1 is 1.22 bits per heavy atom. The zero-order valence-electron chi connectivity index (χ0n) is 14.8. The molecule has 2 heterocycles. The Morgan fingerprint density at radius 2 is 1.93 bits per heavy atom. The quantitative estimate of drug-likeness (QED) is 0.820. The maximum absolute atomic E-state index is 12.7. The first-order chi connectivity index (χ1) is 12.8. The lowest BCUT2D eigenvalue weighted by Crippen LogP contribution is -2.36. The van der Waals surface area contributed by atoms with Crippen LogP contribution in [0.5, 0.6) is 0 Å². The predicted molar refractivity (Wildman–Crippen MR) is 104 cm³/mol. The second-order valence-electron chi connectivity index (χ2n) is 6.45. The summed E-state index contributed by atoms with van der Waals surface area (Å²) >= 11 is 6.10. The number of benzene rings is 1. The lowest BCUT2D eigenvalue weighted by Gasteiger charge is -2.16. The van der Waals surface area contributed by atoms with E-state index in [0.717, 1.165) is 23.0 Å². The lowest BCUT2D eigenvalue weighted by molar-refractivity contribution is -0.116. The van der Waals surface area contributed by atoms with Gasteiger partial charge in [0.15, 0.2) is 0 Å². The van der Waals surface area contributed by atoms with Gasteiger partial charge in [-0.25, -0.2) is 8.42 Å². The van der Waals surface area contributed by atoms with Crippen molar-refractivity contribution in [1.82, 2.24) is 8.87 Å². The topological polar surface area (TPSA) is 88.5 Å². The normalized spacial score (nSPS) is 15.0. The third kappa shape index (κ3) is 4.23. The number of pyridine rings is 1. The average molecular weight is 410 g/mol. The van der Waals surface area contributed by atoms with Gasteiger partial charge in [0.25, 0.3) is 5.56 Å². The van der Waals surface area contributed by atoms with Crippen molar-refractivity contribution in [2.75, 3.05) is 18.4 Å². The Labute approximate surface area is 162 Å². The van der Waals surface area contributed by atoms with Gasteiger partial charge < -0.3 is 9.88 Å². The van der Waals surface area contributed by atoms with E-state index < -0.39 is 21.5 Å². The summed E-state index contributed by atoms with van der Waals surface area (Å²) in [4.78, 5) is 24.6. The summed E-state index contributed by atoms with van der Waals surface area (Å²) in [6.45, 7) is 2.38. The molecule has 2 aromatic rings. The molecule has 1 saturated heterocycles. The molecule has 1 fully saturated rings. The van der Waals surface area contributed by atoms with Crippen molar-refractivity contribution in [2.24, 2.45) is 0 Å². The number of nitrogens with one attached hydrogen (secondary N) is 1. The zero-order chi connectivity index (χ0) is 19.6. The van der Waals surface area contributed by atoms with E-state index in [1.165, 1.54) is 22.6 Å². The zero-order valence-corrected chi connectivity index (χ0v) is 16.4. The smallest absolute Gasteiger partial charge is 0.271 e. The molecule has 0 unspecified atom stereocenters. The highest BCUT2D eigenvalue weighted by Gasteiger charge is 2.30. The molecule has 0 aliphatic carbocycles. The van der Waals surface area contributed by atoms with Gasteiger partial charge in [-0.1, -0.05) is 17.7 Å². The van der Waals surface area contributed by atoms with Crippen molar-refractivity contribution in [2.45, 2.75) is 31.2 Å². The van der Waals surface area contributed by atoms with E-state index in [0.29, 0.717) is 23.8 Å². The molecule has 0 atom stereocenters. The van der Waals surface area contributed by atoms with Gasteiger partial charge in [-0.05, 0) is 49.6 Å². The van der Waals surface area contributed by atoms with E-state index in [-0.39, 0.29) is 11.4 Å². The number of nitrogens with zero attached hydrogens (tertiary/aromatic N) is 2. The average Bonchev–Trinajstić information content (AvgIpc) is 3.14. The minimum absolute atomic E-state index is 0.312. The third-order valence-corrected chi connectivity index (χ3v) is 6.60. The highest BCUT2D eigenvalue weighted by atomic mass is 35.5. The summed E-state index contributed by atoms with van der Waals surface area (Å²) in [5.41, 5.74) is 0.671. The van der Waals surface area contributed by atoms with Crippen LogP contribution < -0.4 is 10.9 Å². The van der Waals surface area contributed by atoms with Gasteiger partial charge in [0.1, 0.15) is 11.4 Å². The second-order valence-corrected chi connectivity index (χ2v) is 8.76. The van der Waals surface area contributed by atoms with E-state index in [4.69, 9.17) is 11.6 Å². The molecule has 7 nitrogen and oxygen atoms in total. The predicted octanol–water partition coefficient (Wildman–Crippen LogP) is 2.23. The minimum Gasteiger partial charge on any atom is -0.323 e. The van der Waals surface area contributed by atoms with Crippen LogP contribution in [0.1, 0.15) is 18.4 Å². The lowest BCUT2D eigenvalue weighted by atomic mass is 10.2. The van der Waals surface area contributed by atoms with Crippen LogP contribution in [0.25, 0.3) is 0 Å². The minimum atomic E-state index is -3.85. The van der Waals surface area contributed by atoms with Crippen LogP contribution >= 0.6 is 11.6 Å². The molecule has 1 amide bonds. The first-order valence-corrected chi connectivity index (χ1v) is 10.4. The van der Waals surface area contributed by atoms with Crippen LogP contribution in [0, 0.1) is 6.92 Å². The third-order valence-electron chi connectivity index (χ3n) is 4.38. The van der Waals surface area contributed by atoms with Crippen molar-refractivity contribution in [3.63, 3.8) is 0 Å². The fourth-order valence-electron chi connectivity index (χ4n) is 2.97. The number of rotatable bonds is 5. The summed E-state index contributed by atoms with van der Waals surface area (Å²) in [5.74, 6) is -0.474. The van der Waals surface area contributed by atoms with Crippen molar-refractivity contribution in [3.05, 3.63) is 57.5 Å². The van der Waals surface area contributed by atoms with E-state index >= 15 is 0 Å². The molecule has 0 spiro atoms. The van der Waals surface area contributed by atoms with Gasteiger partial charge in [-0.15, -0.1) is 0 Å². The van der Waals surface area contributed by atoms with Gasteiger partial charge in [0.2, 0.25) is 15.9 Å². The molecule has 1 aromatic carbocycles. The first kappa shape index (κ1) is 19.6. The second kappa shape index (κ2) is 7.84. The molecular formula is C18H20ClN3O4S. The van der Waals surface area contributed by atoms with Crippen molar-refractivity contribution in [1.29, 1.82) is 0 Å². The number of carbonyl (C=O) groups is 1. The Bertz CT molecular complexity index is 1030. The molecule has 0 saturated carbocycles. The van der Waals surface area contributed by atoms with E-state index in [9.17, 15) is 18.0 Å². The number of amides is 1. The molecule has 144 valence electrons. The number of anilines is 1. The van der Waals surface area contributed by atoms with E-state index in [2.05, 4.69) is 5.32 Å². The number of aryl methyl sites for hydroxylation is 1. The van der Waals surface area contributed by atoms with Crippen LogP contribution in [-0.4, -0.2) is 36.3 Å². The summed E-state index contributed by atoms with van der Waals surface area (Å²) in [5, 5.41) is 3.03. The molecule has 1 aliphatic heterocycles. The van der Waals surface area contributed by atoms with Crippen LogP contribution in [-0.2, 0) is 21.4 Å². The number of hydrogen-bond acceptors (Lipinski definition) is 4. The standard InChI is InChI=1S/C18H20ClN3O4S/c1-13-6-7-15(14(19)11-13)20-17(23)12-21-8-4-5-16(18(21)24)27(25,26)22-9-2-3-10-22/h4-8,11H,2-3,9-10,12H2,1H3,(H,20,23). The Balaban J connectivity index is 1.81. The highest BCUT2D eigenvalue weighted by molar-refractivity contribution is 7.89. The number of carbonyl (C=O) groups excluding carboxylic acids is 1. The monoisotopic (exact) mass is 409 g/mol. The van der Waals surface area contributed by atoms with Gasteiger partial charge in [-0.2, -0.15) is 4.31 Å². The van der Waals surface area contributed by atoms with Gasteiger partial charge in [0, 0.05) is 19.3 Å². The summed E-state index contributed by atoms with van der Waals surface area (Å²) in [7, 11) is -3.85. The highest BCUT2D eigenvalue weighted by Crippen LogP contribution is 2.22. The fraction of sp³-hybridized carbons (Fsp3) is 0.333. The number of halogens is 1. The van der Waals surface area contributed by atoms with Crippen LogP contribution in [0.2, 0.25) is 5.02 Å². The molecule has 0 bridgehead atoms. The first-order valence-electron chi connectivity index (χ1n) is 8.54. The van der Waals surface area contributed by atoms with Gasteiger partial charge in [0.05, 0.1) is 10.7 Å². The van der Waals surface area contributed by atoms with E-state index in [1.807, 2.05) is 6.92 Å². The molecule has 1 aromatic heterocycles. The molecular weight excluding hydrogens is 390 g/mol. The van der Waals surface area contributed by atoms with Crippen molar-refractivity contribution >= 4 is 33.2 Å². The number of sulfonamides is 1. The van der Waals surface area contributed by atoms with Crippen molar-refractivity contribution < 1.29 is 13.2 Å². The van der Waals surface area contributed by atoms with Gasteiger partial charge >= 0.3 is 0 Å². The fourth-order valence-corrected chi connectivity index (χ4v) is 4.86. The van der Waals surface area contributed by atoms with Crippen LogP contribution in [0.4, 0.5) is 5.69 Å². The number of hydrogen-bond donors (Lipinski definition) is 1. The SMILES string of the molecule is Cc1ccc(NC(=O)Cn2cccc(S(=O)(=O)N3CCCC3)c2=O)c(Cl)c1.